The number of nitrogens with one attached hydrogen (secondary N) is 1. The molecule has 2 rings (SSSR count). The van der Waals surface area contributed by atoms with Crippen molar-refractivity contribution in [3.05, 3.63) is 28.2 Å². The van der Waals surface area contributed by atoms with Crippen LogP contribution >= 0.6 is 15.9 Å². The molecule has 0 saturated carbocycles. The average molecular weight is 311 g/mol. The number of aliphatic hydroxyl groups is 1. The van der Waals surface area contributed by atoms with Crippen LogP contribution in [0.1, 0.15) is 18.9 Å². The Morgan fingerprint density at radius 2 is 2.44 bits per heavy atom. The molecule has 0 bridgehead atoms. The fourth-order valence-electron chi connectivity index (χ4n) is 2.04. The maximum Gasteiger partial charge on any atom is 0.110 e. The highest BCUT2D eigenvalue weighted by Gasteiger charge is 2.39. The third kappa shape index (κ3) is 2.51. The summed E-state index contributed by atoms with van der Waals surface area (Å²) in [5.41, 5.74) is 0.404. The van der Waals surface area contributed by atoms with E-state index in [9.17, 15) is 5.11 Å². The van der Waals surface area contributed by atoms with Gasteiger partial charge in [-0.1, -0.05) is 6.07 Å². The fraction of sp³-hybridized carbons (Fsp3) is 0.462. The molecule has 2 unspecified atom stereocenters. The normalized spacial score (nSPS) is 26.9. The van der Waals surface area contributed by atoms with E-state index in [0.29, 0.717) is 25.1 Å². The molecular formula is C13H15BrN2O2. The van der Waals surface area contributed by atoms with E-state index in [1.807, 2.05) is 25.1 Å². The lowest BCUT2D eigenvalue weighted by Crippen LogP contribution is -2.43. The first-order valence-corrected chi connectivity index (χ1v) is 6.62. The van der Waals surface area contributed by atoms with Crippen LogP contribution in [0.4, 0.5) is 5.69 Å². The van der Waals surface area contributed by atoms with Gasteiger partial charge in [-0.2, -0.15) is 5.26 Å². The summed E-state index contributed by atoms with van der Waals surface area (Å²) >= 11 is 3.34. The number of rotatable bonds is 3. The van der Waals surface area contributed by atoms with Gasteiger partial charge in [0.2, 0.25) is 0 Å². The second-order valence-electron chi connectivity index (χ2n) is 4.49. The van der Waals surface area contributed by atoms with Gasteiger partial charge in [-0.05, 0) is 35.0 Å². The number of hydrogen-bond acceptors (Lipinski definition) is 4. The molecule has 18 heavy (non-hydrogen) atoms. The molecule has 5 heteroatoms. The molecule has 1 heterocycles. The molecule has 1 aliphatic rings. The van der Waals surface area contributed by atoms with Gasteiger partial charge in [0, 0.05) is 24.0 Å². The molecule has 0 radical (unpaired) electrons. The summed E-state index contributed by atoms with van der Waals surface area (Å²) in [5, 5.41) is 22.6. The van der Waals surface area contributed by atoms with Crippen molar-refractivity contribution in [3.63, 3.8) is 0 Å². The fourth-order valence-corrected chi connectivity index (χ4v) is 2.49. The Balaban J connectivity index is 2.12. The Hall–Kier alpha value is -1.09. The van der Waals surface area contributed by atoms with E-state index >= 15 is 0 Å². The Morgan fingerprint density at radius 1 is 1.67 bits per heavy atom. The third-order valence-corrected chi connectivity index (χ3v) is 4.03. The molecule has 1 fully saturated rings. The Kier molecular flexibility index (Phi) is 3.91. The third-order valence-electron chi connectivity index (χ3n) is 3.37. The van der Waals surface area contributed by atoms with Crippen LogP contribution in [0.5, 0.6) is 0 Å². The van der Waals surface area contributed by atoms with Crippen LogP contribution < -0.4 is 5.32 Å². The summed E-state index contributed by atoms with van der Waals surface area (Å²) in [6.45, 7) is 2.81. The predicted molar refractivity (Wildman–Crippen MR) is 72.3 cm³/mol. The highest BCUT2D eigenvalue weighted by Crippen LogP contribution is 2.28. The minimum Gasteiger partial charge on any atom is -0.385 e. The number of benzene rings is 1. The molecule has 4 nitrogen and oxygen atoms in total. The van der Waals surface area contributed by atoms with Crippen LogP contribution in [0.25, 0.3) is 0 Å². The second-order valence-corrected chi connectivity index (χ2v) is 5.35. The summed E-state index contributed by atoms with van der Waals surface area (Å²) in [6.07, 6.45) is 0.416. The van der Waals surface area contributed by atoms with E-state index < -0.39 is 5.60 Å². The van der Waals surface area contributed by atoms with E-state index in [1.54, 1.807) is 0 Å². The lowest BCUT2D eigenvalue weighted by Gasteiger charge is -2.27. The topological polar surface area (TPSA) is 65.3 Å². The number of nitrogens with zero attached hydrogens (tertiary/aromatic N) is 1. The smallest absolute Gasteiger partial charge is 0.110 e. The van der Waals surface area contributed by atoms with Crippen LogP contribution in [-0.2, 0) is 4.74 Å². The lowest BCUT2D eigenvalue weighted by atomic mass is 9.96. The molecule has 2 N–H and O–H groups in total. The zero-order chi connectivity index (χ0) is 13.2. The van der Waals surface area contributed by atoms with Crippen LogP contribution in [0.3, 0.4) is 0 Å². The molecule has 1 aliphatic heterocycles. The Labute approximate surface area is 115 Å². The van der Waals surface area contributed by atoms with Gasteiger partial charge in [-0.3, -0.25) is 0 Å². The minimum absolute atomic E-state index is 0.192. The van der Waals surface area contributed by atoms with Crippen LogP contribution in [0, 0.1) is 11.3 Å². The highest BCUT2D eigenvalue weighted by molar-refractivity contribution is 9.10. The molecule has 1 aromatic rings. The molecule has 1 saturated heterocycles. The first kappa shape index (κ1) is 13.3. The van der Waals surface area contributed by atoms with Gasteiger partial charge in [0.05, 0.1) is 17.4 Å². The number of ether oxygens (including phenoxy) is 1. The second kappa shape index (κ2) is 5.27. The van der Waals surface area contributed by atoms with Gasteiger partial charge in [-0.15, -0.1) is 0 Å². The Bertz CT molecular complexity index is 486. The van der Waals surface area contributed by atoms with Crippen LogP contribution in [-0.4, -0.2) is 30.0 Å². The molecule has 2 atom stereocenters. The van der Waals surface area contributed by atoms with Crippen LogP contribution in [0.15, 0.2) is 22.7 Å². The average Bonchev–Trinajstić information content (AvgIpc) is 2.68. The predicted octanol–water partition coefficient (Wildman–Crippen LogP) is 2.27. The van der Waals surface area contributed by atoms with Gasteiger partial charge < -0.3 is 15.2 Å². The zero-order valence-corrected chi connectivity index (χ0v) is 11.7. The van der Waals surface area contributed by atoms with Gasteiger partial charge in [-0.25, -0.2) is 0 Å². The van der Waals surface area contributed by atoms with E-state index in [0.717, 1.165) is 10.2 Å². The van der Waals surface area contributed by atoms with Crippen molar-refractivity contribution in [1.29, 1.82) is 5.26 Å². The molecular weight excluding hydrogens is 296 g/mol. The quantitative estimate of drug-likeness (QED) is 0.899. The highest BCUT2D eigenvalue weighted by atomic mass is 79.9. The maximum absolute atomic E-state index is 10.4. The minimum atomic E-state index is -0.866. The number of anilines is 1. The summed E-state index contributed by atoms with van der Waals surface area (Å²) in [5.74, 6) is 0. The standard InChI is InChI=1S/C13H15BrN2O2/c1-9-13(17,5-6-18-9)8-16-12-4-2-3-11(14)10(12)7-15/h2-4,9,16-17H,5-6,8H2,1H3. The van der Waals surface area contributed by atoms with Crippen molar-refractivity contribution in [1.82, 2.24) is 0 Å². The van der Waals surface area contributed by atoms with E-state index in [1.165, 1.54) is 0 Å². The maximum atomic E-state index is 10.4. The van der Waals surface area contributed by atoms with E-state index in [-0.39, 0.29) is 6.10 Å². The number of nitriles is 1. The molecule has 96 valence electrons. The number of halogens is 1. The molecule has 0 spiro atoms. The van der Waals surface area contributed by atoms with Crippen molar-refractivity contribution in [2.45, 2.75) is 25.0 Å². The first-order valence-electron chi connectivity index (χ1n) is 5.83. The summed E-state index contributed by atoms with van der Waals surface area (Å²) in [7, 11) is 0. The van der Waals surface area contributed by atoms with Crippen molar-refractivity contribution in [2.24, 2.45) is 0 Å². The molecule has 0 amide bonds. The molecule has 0 aliphatic carbocycles. The lowest BCUT2D eigenvalue weighted by molar-refractivity contribution is -0.0175. The van der Waals surface area contributed by atoms with Crippen molar-refractivity contribution in [3.8, 4) is 6.07 Å². The van der Waals surface area contributed by atoms with E-state index in [2.05, 4.69) is 27.3 Å². The summed E-state index contributed by atoms with van der Waals surface area (Å²) in [6, 6.07) is 7.64. The van der Waals surface area contributed by atoms with E-state index in [4.69, 9.17) is 10.00 Å². The van der Waals surface area contributed by atoms with Gasteiger partial charge in [0.25, 0.3) is 0 Å². The Morgan fingerprint density at radius 3 is 3.06 bits per heavy atom. The van der Waals surface area contributed by atoms with Crippen molar-refractivity contribution in [2.75, 3.05) is 18.5 Å². The SMILES string of the molecule is CC1OCCC1(O)CNc1cccc(Br)c1C#N. The summed E-state index contributed by atoms with van der Waals surface area (Å²) in [4.78, 5) is 0. The molecule has 0 aromatic heterocycles. The van der Waals surface area contributed by atoms with Crippen LogP contribution in [0.2, 0.25) is 0 Å². The van der Waals surface area contributed by atoms with Gasteiger partial charge in [0.15, 0.2) is 0 Å². The van der Waals surface area contributed by atoms with Gasteiger partial charge >= 0.3 is 0 Å². The molecule has 1 aromatic carbocycles. The van der Waals surface area contributed by atoms with Gasteiger partial charge in [0.1, 0.15) is 11.7 Å². The van der Waals surface area contributed by atoms with Crippen molar-refractivity contribution >= 4 is 21.6 Å². The number of hydrogen-bond donors (Lipinski definition) is 2. The summed E-state index contributed by atoms with van der Waals surface area (Å²) < 4.78 is 6.12. The largest absolute Gasteiger partial charge is 0.385 e. The zero-order valence-electron chi connectivity index (χ0n) is 10.1. The first-order chi connectivity index (χ1) is 8.57. The van der Waals surface area contributed by atoms with Crippen molar-refractivity contribution < 1.29 is 9.84 Å². The monoisotopic (exact) mass is 310 g/mol.